The molecule has 4 rings (SSSR count). The largest absolute Gasteiger partial charge is 0.283 e. The topological polar surface area (TPSA) is 69.3 Å². The van der Waals surface area contributed by atoms with Crippen molar-refractivity contribution in [1.29, 1.82) is 0 Å². The van der Waals surface area contributed by atoms with Gasteiger partial charge >= 0.3 is 0 Å². The fourth-order valence-corrected chi connectivity index (χ4v) is 4.12. The van der Waals surface area contributed by atoms with Gasteiger partial charge in [0.05, 0.1) is 16.6 Å². The normalized spacial score (nSPS) is 11.2. The fourth-order valence-electron chi connectivity index (χ4n) is 2.89. The minimum absolute atomic E-state index is 0.107. The molecular weight excluding hydrogens is 440 g/mol. The van der Waals surface area contributed by atoms with Gasteiger partial charge in [0.15, 0.2) is 5.16 Å². The summed E-state index contributed by atoms with van der Waals surface area (Å²) in [4.78, 5) is 34.3. The molecule has 4 aromatic rings. The summed E-state index contributed by atoms with van der Waals surface area (Å²) in [6, 6.07) is 12.4. The number of halogens is 1. The number of nitrogens with zero attached hydrogens (tertiary/aromatic N) is 4. The predicted molar refractivity (Wildman–Crippen MR) is 115 cm³/mol. The molecule has 0 aliphatic rings. The maximum absolute atomic E-state index is 12.8. The highest BCUT2D eigenvalue weighted by molar-refractivity contribution is 9.10. The number of para-hydroxylation sites is 1. The smallest absolute Gasteiger partial charge is 0.262 e. The van der Waals surface area contributed by atoms with Gasteiger partial charge in [-0.05, 0) is 40.2 Å². The van der Waals surface area contributed by atoms with Crippen LogP contribution in [0, 0.1) is 0 Å². The average molecular weight is 455 g/mol. The van der Waals surface area contributed by atoms with Crippen LogP contribution in [0.2, 0.25) is 0 Å². The molecule has 0 atom stereocenters. The van der Waals surface area contributed by atoms with E-state index in [1.807, 2.05) is 24.3 Å². The van der Waals surface area contributed by atoms with Crippen molar-refractivity contribution in [2.45, 2.75) is 17.5 Å². The van der Waals surface area contributed by atoms with E-state index in [0.717, 1.165) is 4.47 Å². The lowest BCUT2D eigenvalue weighted by atomic mass is 10.2. The molecule has 3 heterocycles. The van der Waals surface area contributed by atoms with E-state index in [2.05, 4.69) is 32.5 Å². The summed E-state index contributed by atoms with van der Waals surface area (Å²) >= 11 is 4.73. The van der Waals surface area contributed by atoms with E-state index < -0.39 is 0 Å². The summed E-state index contributed by atoms with van der Waals surface area (Å²) in [6.07, 6.45) is 3.36. The molecule has 0 saturated heterocycles. The molecule has 140 valence electrons. The Morgan fingerprint density at radius 1 is 1.14 bits per heavy atom. The molecule has 0 unspecified atom stereocenters. The van der Waals surface area contributed by atoms with Gasteiger partial charge in [-0.2, -0.15) is 0 Å². The fraction of sp³-hybridized carbons (Fsp3) is 0.100. The molecule has 0 fully saturated rings. The van der Waals surface area contributed by atoms with Gasteiger partial charge in [0, 0.05) is 29.0 Å². The zero-order valence-electron chi connectivity index (χ0n) is 14.7. The summed E-state index contributed by atoms with van der Waals surface area (Å²) in [5.74, 6) is 0.420. The molecular formula is C20H15BrN4O2S. The zero-order chi connectivity index (χ0) is 19.7. The van der Waals surface area contributed by atoms with Crippen molar-refractivity contribution in [3.63, 3.8) is 0 Å². The van der Waals surface area contributed by atoms with Crippen LogP contribution in [-0.4, -0.2) is 18.9 Å². The molecule has 8 heteroatoms. The number of aromatic nitrogens is 4. The quantitative estimate of drug-likeness (QED) is 0.261. The van der Waals surface area contributed by atoms with Crippen molar-refractivity contribution in [2.24, 2.45) is 0 Å². The molecule has 0 saturated carbocycles. The number of hydrogen-bond donors (Lipinski definition) is 0. The van der Waals surface area contributed by atoms with Crippen molar-refractivity contribution in [3.05, 3.63) is 92.2 Å². The van der Waals surface area contributed by atoms with E-state index in [1.165, 1.54) is 22.2 Å². The Balaban J connectivity index is 1.72. The van der Waals surface area contributed by atoms with Crippen LogP contribution in [0.1, 0.15) is 5.69 Å². The third kappa shape index (κ3) is 3.53. The number of thioether (sulfide) groups is 1. The van der Waals surface area contributed by atoms with Crippen LogP contribution in [0.4, 0.5) is 0 Å². The number of rotatable bonds is 5. The Morgan fingerprint density at radius 2 is 1.96 bits per heavy atom. The molecule has 0 aliphatic heterocycles. The van der Waals surface area contributed by atoms with Gasteiger partial charge in [0.2, 0.25) is 0 Å². The van der Waals surface area contributed by atoms with Crippen LogP contribution >= 0.6 is 27.7 Å². The highest BCUT2D eigenvalue weighted by atomic mass is 79.9. The van der Waals surface area contributed by atoms with E-state index in [0.29, 0.717) is 39.7 Å². The Bertz CT molecular complexity index is 1330. The van der Waals surface area contributed by atoms with Gasteiger partial charge < -0.3 is 0 Å². The molecule has 6 nitrogen and oxygen atoms in total. The first kappa shape index (κ1) is 18.6. The maximum atomic E-state index is 12.8. The van der Waals surface area contributed by atoms with Gasteiger partial charge in [-0.15, -0.1) is 6.58 Å². The van der Waals surface area contributed by atoms with E-state index in [1.54, 1.807) is 29.0 Å². The zero-order valence-corrected chi connectivity index (χ0v) is 17.1. The second kappa shape index (κ2) is 7.73. The monoisotopic (exact) mass is 454 g/mol. The Labute approximate surface area is 172 Å². The van der Waals surface area contributed by atoms with Gasteiger partial charge in [-0.25, -0.2) is 9.97 Å². The third-order valence-electron chi connectivity index (χ3n) is 4.16. The second-order valence-corrected chi connectivity index (χ2v) is 7.92. The first-order valence-electron chi connectivity index (χ1n) is 8.48. The van der Waals surface area contributed by atoms with Crippen LogP contribution < -0.4 is 11.1 Å². The van der Waals surface area contributed by atoms with E-state index in [9.17, 15) is 9.59 Å². The van der Waals surface area contributed by atoms with Gasteiger partial charge in [0.25, 0.3) is 11.1 Å². The summed E-state index contributed by atoms with van der Waals surface area (Å²) in [5.41, 5.74) is 1.58. The molecule has 0 spiro atoms. The van der Waals surface area contributed by atoms with Crippen molar-refractivity contribution in [2.75, 3.05) is 0 Å². The number of hydrogen-bond acceptors (Lipinski definition) is 5. The van der Waals surface area contributed by atoms with Crippen molar-refractivity contribution >= 4 is 44.2 Å². The average Bonchev–Trinajstić information content (AvgIpc) is 2.69. The van der Waals surface area contributed by atoms with Crippen molar-refractivity contribution in [1.82, 2.24) is 18.9 Å². The first-order chi connectivity index (χ1) is 13.6. The Kier molecular flexibility index (Phi) is 5.15. The molecule has 1 aromatic carbocycles. The highest BCUT2D eigenvalue weighted by Crippen LogP contribution is 2.21. The Morgan fingerprint density at radius 3 is 2.79 bits per heavy atom. The van der Waals surface area contributed by atoms with Crippen molar-refractivity contribution in [3.8, 4) is 0 Å². The molecule has 0 N–H and O–H groups in total. The predicted octanol–water partition coefficient (Wildman–Crippen LogP) is 3.65. The third-order valence-corrected chi connectivity index (χ3v) is 5.64. The van der Waals surface area contributed by atoms with Crippen LogP contribution in [0.5, 0.6) is 0 Å². The van der Waals surface area contributed by atoms with Crippen LogP contribution in [0.25, 0.3) is 16.6 Å². The number of fused-ring (bicyclic) bond motifs is 2. The summed E-state index contributed by atoms with van der Waals surface area (Å²) in [5, 5.41) is 1.14. The Hall–Kier alpha value is -2.71. The molecule has 0 bridgehead atoms. The van der Waals surface area contributed by atoms with Crippen LogP contribution in [-0.2, 0) is 12.3 Å². The molecule has 28 heavy (non-hydrogen) atoms. The maximum Gasteiger partial charge on any atom is 0.262 e. The van der Waals surface area contributed by atoms with Crippen molar-refractivity contribution < 1.29 is 0 Å². The number of pyridine rings is 1. The lowest BCUT2D eigenvalue weighted by Gasteiger charge is -2.11. The van der Waals surface area contributed by atoms with E-state index in [-0.39, 0.29) is 11.1 Å². The second-order valence-electron chi connectivity index (χ2n) is 6.07. The summed E-state index contributed by atoms with van der Waals surface area (Å²) < 4.78 is 3.88. The molecule has 0 aliphatic carbocycles. The standard InChI is InChI=1S/C20H15BrN4O2S/c1-2-9-24-19(27)15-5-3-4-6-16(15)23-20(24)28-12-14-10-18(26)25-11-13(21)7-8-17(25)22-14/h2-8,10-11H,1,9,12H2. The minimum Gasteiger partial charge on any atom is -0.283 e. The van der Waals surface area contributed by atoms with Crippen LogP contribution in [0.3, 0.4) is 0 Å². The van der Waals surface area contributed by atoms with Gasteiger partial charge in [0.1, 0.15) is 5.65 Å². The molecule has 0 radical (unpaired) electrons. The molecule has 3 aromatic heterocycles. The molecule has 0 amide bonds. The highest BCUT2D eigenvalue weighted by Gasteiger charge is 2.12. The minimum atomic E-state index is -0.156. The van der Waals surface area contributed by atoms with Gasteiger partial charge in [-0.1, -0.05) is 30.0 Å². The SMILES string of the molecule is C=CCn1c(SCc2cc(=O)n3cc(Br)ccc3n2)nc2ccccc2c1=O. The van der Waals surface area contributed by atoms with E-state index in [4.69, 9.17) is 0 Å². The van der Waals surface area contributed by atoms with Gasteiger partial charge in [-0.3, -0.25) is 18.6 Å². The number of allylic oxidation sites excluding steroid dienone is 1. The van der Waals surface area contributed by atoms with Crippen LogP contribution in [0.15, 0.2) is 80.5 Å². The summed E-state index contributed by atoms with van der Waals surface area (Å²) in [6.45, 7) is 4.09. The first-order valence-corrected chi connectivity index (χ1v) is 10.3. The lowest BCUT2D eigenvalue weighted by molar-refractivity contribution is 0.671. The summed E-state index contributed by atoms with van der Waals surface area (Å²) in [7, 11) is 0. The number of benzene rings is 1. The lowest BCUT2D eigenvalue weighted by Crippen LogP contribution is -2.22. The van der Waals surface area contributed by atoms with E-state index >= 15 is 0 Å².